The van der Waals surface area contributed by atoms with Crippen LogP contribution in [0, 0.1) is 0 Å². The topological polar surface area (TPSA) is 102 Å². The summed E-state index contributed by atoms with van der Waals surface area (Å²) in [5, 5.41) is 19.4. The molecule has 0 saturated carbocycles. The lowest BCUT2D eigenvalue weighted by molar-refractivity contribution is -0.212. The van der Waals surface area contributed by atoms with E-state index < -0.39 is 36.4 Å². The lowest BCUT2D eigenvalue weighted by Crippen LogP contribution is -2.55. The molecule has 0 radical (unpaired) electrons. The third kappa shape index (κ3) is 3.95. The van der Waals surface area contributed by atoms with Crippen LogP contribution in [0.1, 0.15) is 13.8 Å². The first-order chi connectivity index (χ1) is 7.91. The summed E-state index contributed by atoms with van der Waals surface area (Å²) in [6.07, 6.45) is -4.25. The number of aliphatic hydroxyl groups is 2. The Hall–Kier alpha value is -1.18. The van der Waals surface area contributed by atoms with Crippen LogP contribution in [-0.2, 0) is 23.8 Å². The van der Waals surface area contributed by atoms with Gasteiger partial charge in [-0.25, -0.2) is 0 Å². The van der Waals surface area contributed by atoms with E-state index in [0.717, 1.165) is 0 Å². The summed E-state index contributed by atoms with van der Waals surface area (Å²) < 4.78 is 14.6. The van der Waals surface area contributed by atoms with Gasteiger partial charge in [0.05, 0.1) is 6.61 Å². The van der Waals surface area contributed by atoms with Crippen molar-refractivity contribution < 1.29 is 34.0 Å². The second-order valence-electron chi connectivity index (χ2n) is 3.80. The molecule has 17 heavy (non-hydrogen) atoms. The van der Waals surface area contributed by atoms with Crippen molar-refractivity contribution in [2.24, 2.45) is 0 Å². The molecule has 0 unspecified atom stereocenters. The molecule has 7 nitrogen and oxygen atoms in total. The summed E-state index contributed by atoms with van der Waals surface area (Å²) >= 11 is 0. The molecule has 1 heterocycles. The van der Waals surface area contributed by atoms with Gasteiger partial charge < -0.3 is 24.4 Å². The fourth-order valence-corrected chi connectivity index (χ4v) is 1.52. The molecular formula is C10H16O7. The average Bonchev–Trinajstić information content (AvgIpc) is 2.23. The largest absolute Gasteiger partial charge is 0.463 e. The molecule has 0 spiro atoms. The van der Waals surface area contributed by atoms with Crippen molar-refractivity contribution in [3.05, 3.63) is 0 Å². The molecule has 1 aliphatic rings. The van der Waals surface area contributed by atoms with E-state index in [2.05, 4.69) is 4.74 Å². The number of ether oxygens (including phenoxy) is 3. The Bertz CT molecular complexity index is 288. The van der Waals surface area contributed by atoms with Gasteiger partial charge in [0.1, 0.15) is 24.9 Å². The number of carbonyl (C=O) groups excluding carboxylic acids is 2. The third-order valence-corrected chi connectivity index (χ3v) is 2.35. The molecule has 1 saturated heterocycles. The van der Waals surface area contributed by atoms with Gasteiger partial charge in [-0.1, -0.05) is 0 Å². The highest BCUT2D eigenvalue weighted by Crippen LogP contribution is 2.18. The van der Waals surface area contributed by atoms with Crippen LogP contribution >= 0.6 is 0 Å². The van der Waals surface area contributed by atoms with E-state index in [4.69, 9.17) is 9.47 Å². The zero-order valence-electron chi connectivity index (χ0n) is 9.66. The van der Waals surface area contributed by atoms with Gasteiger partial charge in [0.2, 0.25) is 0 Å². The van der Waals surface area contributed by atoms with Crippen LogP contribution in [0.15, 0.2) is 0 Å². The molecule has 0 amide bonds. The predicted octanol–water partition coefficient (Wildman–Crippen LogP) is -1.40. The van der Waals surface area contributed by atoms with E-state index in [9.17, 15) is 19.8 Å². The summed E-state index contributed by atoms with van der Waals surface area (Å²) in [7, 11) is 0. The summed E-state index contributed by atoms with van der Waals surface area (Å²) in [6.45, 7) is 2.22. The van der Waals surface area contributed by atoms with E-state index in [1.807, 2.05) is 0 Å². The van der Waals surface area contributed by atoms with Gasteiger partial charge in [-0.2, -0.15) is 0 Å². The lowest BCUT2D eigenvalue weighted by atomic mass is 10.0. The highest BCUT2D eigenvalue weighted by molar-refractivity contribution is 5.66. The van der Waals surface area contributed by atoms with E-state index in [1.165, 1.54) is 13.8 Å². The molecule has 1 fully saturated rings. The minimum atomic E-state index is -1.27. The molecular weight excluding hydrogens is 232 g/mol. The standard InChI is InChI=1S/C10H16O7/c1-5(11)15-3-7-9(13)10(14)8(4-16-7)17-6(2)12/h7-10,13-14H,3-4H2,1-2H3/t7-,8+,9-,10-/m1/s1. The van der Waals surface area contributed by atoms with Gasteiger partial charge in [-0.15, -0.1) is 0 Å². The van der Waals surface area contributed by atoms with Gasteiger partial charge in [0.15, 0.2) is 6.10 Å². The molecule has 1 aliphatic heterocycles. The number of esters is 2. The zero-order valence-corrected chi connectivity index (χ0v) is 9.66. The maximum Gasteiger partial charge on any atom is 0.303 e. The summed E-state index contributed by atoms with van der Waals surface area (Å²) in [6, 6.07) is 0. The fraction of sp³-hybridized carbons (Fsp3) is 0.800. The van der Waals surface area contributed by atoms with Crippen LogP contribution < -0.4 is 0 Å². The molecule has 0 aromatic heterocycles. The van der Waals surface area contributed by atoms with Crippen LogP contribution in [0.5, 0.6) is 0 Å². The smallest absolute Gasteiger partial charge is 0.303 e. The maximum absolute atomic E-state index is 10.7. The molecule has 0 aromatic rings. The Labute approximate surface area is 98.3 Å². The van der Waals surface area contributed by atoms with Crippen molar-refractivity contribution in [1.29, 1.82) is 0 Å². The minimum absolute atomic E-state index is 0.0518. The van der Waals surface area contributed by atoms with Gasteiger partial charge in [-0.3, -0.25) is 9.59 Å². The molecule has 7 heteroatoms. The molecule has 0 aliphatic carbocycles. The van der Waals surface area contributed by atoms with Gasteiger partial charge in [0.25, 0.3) is 0 Å². The molecule has 4 atom stereocenters. The normalized spacial score (nSPS) is 32.9. The van der Waals surface area contributed by atoms with Gasteiger partial charge in [-0.05, 0) is 0 Å². The SMILES string of the molecule is CC(=O)OC[C@H]1OC[C@H](OC(C)=O)[C@@H](O)[C@@H]1O. The van der Waals surface area contributed by atoms with Crippen LogP contribution in [0.3, 0.4) is 0 Å². The first-order valence-electron chi connectivity index (χ1n) is 5.20. The molecule has 0 bridgehead atoms. The summed E-state index contributed by atoms with van der Waals surface area (Å²) in [5.74, 6) is -1.07. The van der Waals surface area contributed by atoms with Crippen LogP contribution in [0.25, 0.3) is 0 Å². The van der Waals surface area contributed by atoms with E-state index in [1.54, 1.807) is 0 Å². The van der Waals surface area contributed by atoms with E-state index in [0.29, 0.717) is 0 Å². The Morgan fingerprint density at radius 3 is 2.41 bits per heavy atom. The lowest BCUT2D eigenvalue weighted by Gasteiger charge is -2.36. The Balaban J connectivity index is 2.49. The van der Waals surface area contributed by atoms with E-state index >= 15 is 0 Å². The number of aliphatic hydroxyl groups excluding tert-OH is 2. The van der Waals surface area contributed by atoms with E-state index in [-0.39, 0.29) is 13.2 Å². The molecule has 98 valence electrons. The maximum atomic E-state index is 10.7. The second kappa shape index (κ2) is 5.95. The van der Waals surface area contributed by atoms with Crippen LogP contribution in [0.2, 0.25) is 0 Å². The first-order valence-corrected chi connectivity index (χ1v) is 5.20. The van der Waals surface area contributed by atoms with Crippen molar-refractivity contribution >= 4 is 11.9 Å². The molecule has 2 N–H and O–H groups in total. The highest BCUT2D eigenvalue weighted by atomic mass is 16.6. The second-order valence-corrected chi connectivity index (χ2v) is 3.80. The van der Waals surface area contributed by atoms with Crippen molar-refractivity contribution in [3.8, 4) is 0 Å². The number of hydrogen-bond acceptors (Lipinski definition) is 7. The zero-order chi connectivity index (χ0) is 13.0. The predicted molar refractivity (Wildman–Crippen MR) is 53.9 cm³/mol. The Kier molecular flexibility index (Phi) is 4.86. The van der Waals surface area contributed by atoms with Crippen molar-refractivity contribution in [1.82, 2.24) is 0 Å². The number of hydrogen-bond donors (Lipinski definition) is 2. The summed E-state index contributed by atoms with van der Waals surface area (Å²) in [5.41, 5.74) is 0. The third-order valence-electron chi connectivity index (χ3n) is 2.35. The average molecular weight is 248 g/mol. The van der Waals surface area contributed by atoms with Gasteiger partial charge in [0, 0.05) is 13.8 Å². The summed E-state index contributed by atoms with van der Waals surface area (Å²) in [4.78, 5) is 21.3. The Morgan fingerprint density at radius 1 is 1.24 bits per heavy atom. The fourth-order valence-electron chi connectivity index (χ4n) is 1.52. The number of rotatable bonds is 3. The monoisotopic (exact) mass is 248 g/mol. The molecule has 0 aromatic carbocycles. The van der Waals surface area contributed by atoms with Gasteiger partial charge >= 0.3 is 11.9 Å². The highest BCUT2D eigenvalue weighted by Gasteiger charge is 2.40. The Morgan fingerprint density at radius 2 is 1.88 bits per heavy atom. The minimum Gasteiger partial charge on any atom is -0.463 e. The first kappa shape index (κ1) is 13.9. The van der Waals surface area contributed by atoms with Crippen LogP contribution in [-0.4, -0.2) is 59.8 Å². The van der Waals surface area contributed by atoms with Crippen molar-refractivity contribution in [2.45, 2.75) is 38.3 Å². The van der Waals surface area contributed by atoms with Crippen molar-refractivity contribution in [2.75, 3.05) is 13.2 Å². The van der Waals surface area contributed by atoms with Crippen molar-refractivity contribution in [3.63, 3.8) is 0 Å². The van der Waals surface area contributed by atoms with Crippen LogP contribution in [0.4, 0.5) is 0 Å². The quantitative estimate of drug-likeness (QED) is 0.592. The number of carbonyl (C=O) groups is 2. The molecule has 1 rings (SSSR count).